The van der Waals surface area contributed by atoms with Crippen LogP contribution in [-0.2, 0) is 17.8 Å². The molecule has 0 spiro atoms. The molecule has 3 N–H and O–H groups in total. The van der Waals surface area contributed by atoms with Gasteiger partial charge in [-0.25, -0.2) is 0 Å². The molecule has 2 aromatic carbocycles. The Bertz CT molecular complexity index is 1040. The number of thiophene rings is 1. The lowest BCUT2D eigenvalue weighted by atomic mass is 9.90. The quantitative estimate of drug-likeness (QED) is 0.544. The summed E-state index contributed by atoms with van der Waals surface area (Å²) in [5.41, 5.74) is 9.01. The zero-order chi connectivity index (χ0) is 22.0. The third-order valence-electron chi connectivity index (χ3n) is 5.83. The minimum Gasteiger partial charge on any atom is -0.365 e. The van der Waals surface area contributed by atoms with Crippen molar-refractivity contribution in [1.82, 2.24) is 4.90 Å². The van der Waals surface area contributed by atoms with Crippen LogP contribution in [0.5, 0.6) is 0 Å². The molecule has 0 radical (unpaired) electrons. The van der Waals surface area contributed by atoms with Gasteiger partial charge in [-0.3, -0.25) is 14.5 Å². The molecule has 2 heterocycles. The average Bonchev–Trinajstić information content (AvgIpc) is 3.12. The van der Waals surface area contributed by atoms with Gasteiger partial charge < -0.3 is 11.1 Å². The van der Waals surface area contributed by atoms with Crippen molar-refractivity contribution < 1.29 is 9.59 Å². The number of nitrogens with one attached hydrogen (secondary N) is 1. The number of carbonyl (C=O) groups excluding carboxylic acids is 2. The molecule has 0 unspecified atom stereocenters. The molecule has 2 amide bonds. The molecule has 0 saturated carbocycles. The highest BCUT2D eigenvalue weighted by Crippen LogP contribution is 2.38. The molecule has 3 aromatic rings. The first-order valence-electron chi connectivity index (χ1n) is 10.5. The lowest BCUT2D eigenvalue weighted by Gasteiger charge is -2.30. The standard InChI is InChI=1S/C25H27N3O2S.ClH/c1-16(2)28-14-13-19-20(15-28)31-25(22(19)23(26)29)27-24(30)21(17-9-5-3-6-10-17)18-11-7-4-8-12-18;/h3-12,16,21H,13-15H2,1-2H3,(H2,26,29)(H,27,30);1H. The van der Waals surface area contributed by atoms with E-state index in [1.165, 1.54) is 11.3 Å². The lowest BCUT2D eigenvalue weighted by Crippen LogP contribution is -2.35. The molecule has 7 heteroatoms. The van der Waals surface area contributed by atoms with Crippen LogP contribution >= 0.6 is 23.7 Å². The molecular weight excluding hydrogens is 442 g/mol. The summed E-state index contributed by atoms with van der Waals surface area (Å²) >= 11 is 1.47. The second-order valence-electron chi connectivity index (χ2n) is 8.13. The summed E-state index contributed by atoms with van der Waals surface area (Å²) in [6.07, 6.45) is 0.763. The van der Waals surface area contributed by atoms with E-state index < -0.39 is 11.8 Å². The summed E-state index contributed by atoms with van der Waals surface area (Å²) in [4.78, 5) is 29.3. The highest BCUT2D eigenvalue weighted by Gasteiger charge is 2.30. The Morgan fingerprint density at radius 3 is 2.06 bits per heavy atom. The van der Waals surface area contributed by atoms with E-state index in [4.69, 9.17) is 5.73 Å². The molecule has 0 aliphatic carbocycles. The molecule has 32 heavy (non-hydrogen) atoms. The molecule has 0 atom stereocenters. The van der Waals surface area contributed by atoms with Crippen LogP contribution in [0.3, 0.4) is 0 Å². The minimum atomic E-state index is -0.484. The van der Waals surface area contributed by atoms with Crippen molar-refractivity contribution >= 4 is 40.6 Å². The molecule has 1 aromatic heterocycles. The van der Waals surface area contributed by atoms with Gasteiger partial charge in [0.05, 0.1) is 11.5 Å². The minimum absolute atomic E-state index is 0. The van der Waals surface area contributed by atoms with E-state index in [0.717, 1.165) is 41.1 Å². The number of nitrogens with two attached hydrogens (primary N) is 1. The number of hydrogen-bond acceptors (Lipinski definition) is 4. The summed E-state index contributed by atoms with van der Waals surface area (Å²) in [7, 11) is 0. The summed E-state index contributed by atoms with van der Waals surface area (Å²) < 4.78 is 0. The second-order valence-corrected chi connectivity index (χ2v) is 9.24. The van der Waals surface area contributed by atoms with Gasteiger partial charge in [0.15, 0.2) is 0 Å². The van der Waals surface area contributed by atoms with E-state index in [1.807, 2.05) is 60.7 Å². The van der Waals surface area contributed by atoms with Crippen LogP contribution in [0.15, 0.2) is 60.7 Å². The van der Waals surface area contributed by atoms with Crippen molar-refractivity contribution in [3.8, 4) is 0 Å². The van der Waals surface area contributed by atoms with Crippen molar-refractivity contribution in [2.45, 2.75) is 38.8 Å². The van der Waals surface area contributed by atoms with Gasteiger partial charge in [-0.05, 0) is 37.0 Å². The van der Waals surface area contributed by atoms with Gasteiger partial charge in [-0.15, -0.1) is 23.7 Å². The highest BCUT2D eigenvalue weighted by atomic mass is 35.5. The maximum atomic E-state index is 13.5. The third-order valence-corrected chi connectivity index (χ3v) is 6.96. The zero-order valence-electron chi connectivity index (χ0n) is 18.2. The average molecular weight is 470 g/mol. The number of nitrogens with zero attached hydrogens (tertiary/aromatic N) is 1. The van der Waals surface area contributed by atoms with Crippen LogP contribution in [0.4, 0.5) is 5.00 Å². The van der Waals surface area contributed by atoms with E-state index in [1.54, 1.807) is 0 Å². The molecule has 0 saturated heterocycles. The Morgan fingerprint density at radius 2 is 1.56 bits per heavy atom. The number of primary amides is 1. The van der Waals surface area contributed by atoms with E-state index >= 15 is 0 Å². The van der Waals surface area contributed by atoms with Crippen LogP contribution in [0.2, 0.25) is 0 Å². The van der Waals surface area contributed by atoms with Gasteiger partial charge in [0.2, 0.25) is 5.91 Å². The van der Waals surface area contributed by atoms with Gasteiger partial charge >= 0.3 is 0 Å². The first-order chi connectivity index (χ1) is 15.0. The molecule has 1 aliphatic rings. The molecule has 1 aliphatic heterocycles. The van der Waals surface area contributed by atoms with E-state index in [9.17, 15) is 9.59 Å². The van der Waals surface area contributed by atoms with Crippen molar-refractivity contribution in [3.05, 3.63) is 87.8 Å². The SMILES string of the molecule is CC(C)N1CCc2c(sc(NC(=O)C(c3ccccc3)c3ccccc3)c2C(N)=O)C1.Cl. The van der Waals surface area contributed by atoms with Crippen molar-refractivity contribution in [3.63, 3.8) is 0 Å². The van der Waals surface area contributed by atoms with Crippen LogP contribution < -0.4 is 11.1 Å². The Morgan fingerprint density at radius 1 is 1.00 bits per heavy atom. The molecule has 5 nitrogen and oxygen atoms in total. The number of carbonyl (C=O) groups is 2. The summed E-state index contributed by atoms with van der Waals surface area (Å²) in [6.45, 7) is 5.99. The second kappa shape index (κ2) is 10.3. The van der Waals surface area contributed by atoms with Gasteiger partial charge in [0.25, 0.3) is 5.91 Å². The fourth-order valence-corrected chi connectivity index (χ4v) is 5.46. The monoisotopic (exact) mass is 469 g/mol. The van der Waals surface area contributed by atoms with Crippen molar-refractivity contribution in [1.29, 1.82) is 0 Å². The normalized spacial score (nSPS) is 13.5. The number of rotatable bonds is 6. The number of halogens is 1. The Labute approximate surface area is 199 Å². The highest BCUT2D eigenvalue weighted by molar-refractivity contribution is 7.17. The maximum absolute atomic E-state index is 13.5. The van der Waals surface area contributed by atoms with Crippen LogP contribution in [-0.4, -0.2) is 29.3 Å². The number of amides is 2. The number of benzene rings is 2. The smallest absolute Gasteiger partial charge is 0.251 e. The first kappa shape index (κ1) is 24.0. The molecule has 4 rings (SSSR count). The lowest BCUT2D eigenvalue weighted by molar-refractivity contribution is -0.116. The third kappa shape index (κ3) is 4.88. The van der Waals surface area contributed by atoms with Gasteiger partial charge in [0, 0.05) is 24.0 Å². The van der Waals surface area contributed by atoms with Crippen LogP contribution in [0.1, 0.15) is 51.7 Å². The summed E-state index contributed by atoms with van der Waals surface area (Å²) in [5.74, 6) is -1.13. The first-order valence-corrected chi connectivity index (χ1v) is 11.4. The fourth-order valence-electron chi connectivity index (χ4n) is 4.18. The van der Waals surface area contributed by atoms with E-state index in [0.29, 0.717) is 16.6 Å². The van der Waals surface area contributed by atoms with Crippen LogP contribution in [0.25, 0.3) is 0 Å². The molecular formula is C25H28ClN3O2S. The Balaban J connectivity index is 0.00000289. The van der Waals surface area contributed by atoms with Gasteiger partial charge in [0.1, 0.15) is 5.00 Å². The summed E-state index contributed by atoms with van der Waals surface area (Å²) in [5, 5.41) is 3.61. The van der Waals surface area contributed by atoms with E-state index in [2.05, 4.69) is 24.1 Å². The van der Waals surface area contributed by atoms with Crippen LogP contribution in [0, 0.1) is 0 Å². The van der Waals surface area contributed by atoms with Gasteiger partial charge in [-0.1, -0.05) is 60.7 Å². The Hall–Kier alpha value is -2.67. The van der Waals surface area contributed by atoms with Gasteiger partial charge in [-0.2, -0.15) is 0 Å². The molecule has 0 fully saturated rings. The number of fused-ring (bicyclic) bond motifs is 1. The fraction of sp³-hybridized carbons (Fsp3) is 0.280. The predicted molar refractivity (Wildman–Crippen MR) is 133 cm³/mol. The predicted octanol–water partition coefficient (Wildman–Crippen LogP) is 4.81. The van der Waals surface area contributed by atoms with E-state index in [-0.39, 0.29) is 18.3 Å². The largest absolute Gasteiger partial charge is 0.365 e. The number of anilines is 1. The van der Waals surface area contributed by atoms with Crippen molar-refractivity contribution in [2.24, 2.45) is 5.73 Å². The molecule has 168 valence electrons. The molecule has 0 bridgehead atoms. The summed E-state index contributed by atoms with van der Waals surface area (Å²) in [6, 6.07) is 19.8. The zero-order valence-corrected chi connectivity index (χ0v) is 19.8. The topological polar surface area (TPSA) is 75.4 Å². The van der Waals surface area contributed by atoms with Crippen molar-refractivity contribution in [2.75, 3.05) is 11.9 Å². The Kier molecular flexibility index (Phi) is 7.72. The number of hydrogen-bond donors (Lipinski definition) is 2. The maximum Gasteiger partial charge on any atom is 0.251 e.